The molecule has 4 heteroatoms. The van der Waals surface area contributed by atoms with Crippen LogP contribution in [0.4, 0.5) is 0 Å². The third kappa shape index (κ3) is 1.86. The Morgan fingerprint density at radius 3 is 3.00 bits per heavy atom. The minimum atomic E-state index is 0.402. The number of hydrogen-bond acceptors (Lipinski definition) is 3. The Kier molecular flexibility index (Phi) is 2.36. The highest BCUT2D eigenvalue weighted by Crippen LogP contribution is 1.98. The van der Waals surface area contributed by atoms with E-state index in [2.05, 4.69) is 23.9 Å². The summed E-state index contributed by atoms with van der Waals surface area (Å²) in [5.41, 5.74) is 0. The fourth-order valence-corrected chi connectivity index (χ4v) is 0.851. The molecule has 0 radical (unpaired) electrons. The Morgan fingerprint density at radius 1 is 1.73 bits per heavy atom. The summed E-state index contributed by atoms with van der Waals surface area (Å²) in [5, 5.41) is 3.90. The molecular formula is C7H11N3O. The van der Waals surface area contributed by atoms with Crippen LogP contribution in [0.5, 0.6) is 0 Å². The lowest BCUT2D eigenvalue weighted by molar-refractivity contribution is 0.110. The van der Waals surface area contributed by atoms with Gasteiger partial charge in [-0.15, -0.1) is 0 Å². The van der Waals surface area contributed by atoms with Gasteiger partial charge in [-0.25, -0.2) is 9.67 Å². The summed E-state index contributed by atoms with van der Waals surface area (Å²) >= 11 is 0. The van der Waals surface area contributed by atoms with Crippen LogP contribution in [0.2, 0.25) is 0 Å². The molecule has 0 aliphatic carbocycles. The Labute approximate surface area is 65.2 Å². The van der Waals surface area contributed by atoms with Gasteiger partial charge in [0.25, 0.3) is 0 Å². The fourth-order valence-electron chi connectivity index (χ4n) is 0.851. The van der Waals surface area contributed by atoms with Gasteiger partial charge in [0, 0.05) is 6.54 Å². The second-order valence-electron chi connectivity index (χ2n) is 2.81. The molecule has 0 saturated carbocycles. The van der Waals surface area contributed by atoms with Crippen molar-refractivity contribution in [2.24, 2.45) is 5.92 Å². The van der Waals surface area contributed by atoms with Gasteiger partial charge in [0.05, 0.1) is 0 Å². The normalized spacial score (nSPS) is 10.5. The molecule has 0 fully saturated rings. The first-order chi connectivity index (χ1) is 5.24. The van der Waals surface area contributed by atoms with Gasteiger partial charge in [0.15, 0.2) is 12.1 Å². The van der Waals surface area contributed by atoms with E-state index in [0.29, 0.717) is 11.7 Å². The molecule has 0 N–H and O–H groups in total. The summed E-state index contributed by atoms with van der Waals surface area (Å²) in [6.45, 7) is 4.88. The molecule has 1 aromatic rings. The average Bonchev–Trinajstić information content (AvgIpc) is 2.34. The van der Waals surface area contributed by atoms with Gasteiger partial charge in [0.2, 0.25) is 0 Å². The van der Waals surface area contributed by atoms with Gasteiger partial charge >= 0.3 is 0 Å². The number of nitrogens with zero attached hydrogens (tertiary/aromatic N) is 3. The molecule has 0 atom stereocenters. The lowest BCUT2D eigenvalue weighted by atomic mass is 10.2. The van der Waals surface area contributed by atoms with Crippen molar-refractivity contribution in [2.45, 2.75) is 20.4 Å². The van der Waals surface area contributed by atoms with E-state index in [1.165, 1.54) is 6.33 Å². The second-order valence-corrected chi connectivity index (χ2v) is 2.81. The van der Waals surface area contributed by atoms with E-state index in [-0.39, 0.29) is 0 Å². The Morgan fingerprint density at radius 2 is 2.45 bits per heavy atom. The summed E-state index contributed by atoms with van der Waals surface area (Å²) in [6.07, 6.45) is 2.11. The largest absolute Gasteiger partial charge is 0.294 e. The molecule has 0 aromatic carbocycles. The third-order valence-electron chi connectivity index (χ3n) is 1.29. The van der Waals surface area contributed by atoms with Crippen molar-refractivity contribution < 1.29 is 4.79 Å². The van der Waals surface area contributed by atoms with E-state index in [4.69, 9.17) is 0 Å². The van der Waals surface area contributed by atoms with Crippen LogP contribution in [0.25, 0.3) is 0 Å². The van der Waals surface area contributed by atoms with Crippen molar-refractivity contribution in [3.05, 3.63) is 12.2 Å². The third-order valence-corrected chi connectivity index (χ3v) is 1.29. The maximum Gasteiger partial charge on any atom is 0.191 e. The molecule has 0 unspecified atom stereocenters. The first kappa shape index (κ1) is 7.91. The monoisotopic (exact) mass is 153 g/mol. The molecule has 0 aliphatic heterocycles. The van der Waals surface area contributed by atoms with Crippen molar-refractivity contribution in [3.8, 4) is 0 Å². The molecule has 0 spiro atoms. The molecule has 60 valence electrons. The summed E-state index contributed by atoms with van der Waals surface area (Å²) in [4.78, 5) is 14.1. The maximum absolute atomic E-state index is 10.3. The van der Waals surface area contributed by atoms with Crippen LogP contribution in [0.1, 0.15) is 24.5 Å². The first-order valence-corrected chi connectivity index (χ1v) is 3.57. The smallest absolute Gasteiger partial charge is 0.191 e. The molecule has 0 amide bonds. The van der Waals surface area contributed by atoms with Gasteiger partial charge in [-0.05, 0) is 5.92 Å². The highest BCUT2D eigenvalue weighted by Gasteiger charge is 2.03. The zero-order valence-corrected chi connectivity index (χ0v) is 6.69. The Bertz CT molecular complexity index is 242. The van der Waals surface area contributed by atoms with E-state index < -0.39 is 0 Å². The first-order valence-electron chi connectivity index (χ1n) is 3.57. The molecule has 1 aromatic heterocycles. The highest BCUT2D eigenvalue weighted by molar-refractivity contribution is 5.68. The van der Waals surface area contributed by atoms with Gasteiger partial charge in [-0.2, -0.15) is 5.10 Å². The van der Waals surface area contributed by atoms with Crippen LogP contribution >= 0.6 is 0 Å². The summed E-state index contributed by atoms with van der Waals surface area (Å²) in [7, 11) is 0. The molecule has 11 heavy (non-hydrogen) atoms. The van der Waals surface area contributed by atoms with E-state index in [0.717, 1.165) is 12.8 Å². The lowest BCUT2D eigenvalue weighted by Crippen LogP contribution is -2.09. The molecular weight excluding hydrogens is 142 g/mol. The quantitative estimate of drug-likeness (QED) is 0.602. The van der Waals surface area contributed by atoms with E-state index in [1.54, 1.807) is 4.68 Å². The Balaban J connectivity index is 2.76. The summed E-state index contributed by atoms with van der Waals surface area (Å²) < 4.78 is 1.61. The SMILES string of the molecule is CC(C)Cn1ncnc1C=O. The minimum Gasteiger partial charge on any atom is -0.294 e. The number of aromatic nitrogens is 3. The van der Waals surface area contributed by atoms with Gasteiger partial charge in [-0.3, -0.25) is 4.79 Å². The van der Waals surface area contributed by atoms with Crippen molar-refractivity contribution in [3.63, 3.8) is 0 Å². The maximum atomic E-state index is 10.3. The van der Waals surface area contributed by atoms with Gasteiger partial charge < -0.3 is 0 Å². The van der Waals surface area contributed by atoms with E-state index in [1.807, 2.05) is 0 Å². The van der Waals surface area contributed by atoms with Crippen LogP contribution in [0.15, 0.2) is 6.33 Å². The number of aldehydes is 1. The van der Waals surface area contributed by atoms with Crippen molar-refractivity contribution >= 4 is 6.29 Å². The lowest BCUT2D eigenvalue weighted by Gasteiger charge is -2.03. The van der Waals surface area contributed by atoms with Crippen LogP contribution in [0.3, 0.4) is 0 Å². The van der Waals surface area contributed by atoms with Crippen molar-refractivity contribution in [2.75, 3.05) is 0 Å². The fraction of sp³-hybridized carbons (Fsp3) is 0.571. The van der Waals surface area contributed by atoms with Crippen molar-refractivity contribution in [1.29, 1.82) is 0 Å². The number of hydrogen-bond donors (Lipinski definition) is 0. The van der Waals surface area contributed by atoms with Gasteiger partial charge in [0.1, 0.15) is 6.33 Å². The predicted octanol–water partition coefficient (Wildman–Crippen LogP) is 0.747. The zero-order chi connectivity index (χ0) is 8.27. The van der Waals surface area contributed by atoms with Crippen LogP contribution < -0.4 is 0 Å². The highest BCUT2D eigenvalue weighted by atomic mass is 16.1. The van der Waals surface area contributed by atoms with Crippen LogP contribution in [-0.2, 0) is 6.54 Å². The molecule has 1 rings (SSSR count). The van der Waals surface area contributed by atoms with E-state index >= 15 is 0 Å². The van der Waals surface area contributed by atoms with Crippen LogP contribution in [-0.4, -0.2) is 21.1 Å². The minimum absolute atomic E-state index is 0.402. The topological polar surface area (TPSA) is 47.8 Å². The number of carbonyl (C=O) groups is 1. The molecule has 0 bridgehead atoms. The summed E-state index contributed by atoms with van der Waals surface area (Å²) in [6, 6.07) is 0. The predicted molar refractivity (Wildman–Crippen MR) is 40.2 cm³/mol. The van der Waals surface area contributed by atoms with E-state index in [9.17, 15) is 4.79 Å². The van der Waals surface area contributed by atoms with Crippen LogP contribution in [0, 0.1) is 5.92 Å². The molecule has 0 saturated heterocycles. The average molecular weight is 153 g/mol. The Hall–Kier alpha value is -1.19. The summed E-state index contributed by atoms with van der Waals surface area (Å²) in [5.74, 6) is 0.883. The number of carbonyl (C=O) groups excluding carboxylic acids is 1. The molecule has 0 aliphatic rings. The molecule has 4 nitrogen and oxygen atoms in total. The zero-order valence-electron chi connectivity index (χ0n) is 6.69. The molecule has 1 heterocycles. The standard InChI is InChI=1S/C7H11N3O/c1-6(2)3-10-7(4-11)8-5-9-10/h4-6H,3H2,1-2H3. The second kappa shape index (κ2) is 3.27. The number of rotatable bonds is 3. The van der Waals surface area contributed by atoms with Gasteiger partial charge in [-0.1, -0.05) is 13.8 Å². The van der Waals surface area contributed by atoms with Crippen molar-refractivity contribution in [1.82, 2.24) is 14.8 Å².